The van der Waals surface area contributed by atoms with Crippen molar-refractivity contribution in [3.63, 3.8) is 0 Å². The zero-order chi connectivity index (χ0) is 9.59. The van der Waals surface area contributed by atoms with Gasteiger partial charge in [0.05, 0.1) is 0 Å². The molecule has 13 heavy (non-hydrogen) atoms. The minimum absolute atomic E-state index is 1.01. The van der Waals surface area contributed by atoms with Gasteiger partial charge in [-0.25, -0.2) is 0 Å². The molecular weight excluding hydrogens is 156 g/mol. The maximum absolute atomic E-state index is 2.49. The summed E-state index contributed by atoms with van der Waals surface area (Å²) < 4.78 is 0. The number of hydrogen-bond acceptors (Lipinski definition) is 0. The van der Waals surface area contributed by atoms with Crippen LogP contribution in [0, 0.1) is 35.5 Å². The van der Waals surface area contributed by atoms with Crippen molar-refractivity contribution in [3.05, 3.63) is 0 Å². The van der Waals surface area contributed by atoms with Gasteiger partial charge < -0.3 is 0 Å². The molecule has 0 saturated heterocycles. The van der Waals surface area contributed by atoms with Crippen LogP contribution in [-0.2, 0) is 0 Å². The topological polar surface area (TPSA) is 0 Å². The molecule has 0 amide bonds. The summed E-state index contributed by atoms with van der Waals surface area (Å²) in [6, 6.07) is 0. The van der Waals surface area contributed by atoms with Crippen LogP contribution in [-0.4, -0.2) is 0 Å². The van der Waals surface area contributed by atoms with E-state index in [-0.39, 0.29) is 0 Å². The molecule has 0 aromatic carbocycles. The summed E-state index contributed by atoms with van der Waals surface area (Å²) in [6.07, 6.45) is 4.43. The molecule has 0 heteroatoms. The molecule has 76 valence electrons. The fourth-order valence-corrected chi connectivity index (χ4v) is 4.61. The van der Waals surface area contributed by atoms with Gasteiger partial charge in [0.2, 0.25) is 0 Å². The zero-order valence-electron chi connectivity index (χ0n) is 9.59. The fraction of sp³-hybridized carbons (Fsp3) is 1.00. The highest BCUT2D eigenvalue weighted by Gasteiger charge is 2.49. The molecule has 2 aliphatic rings. The second kappa shape index (κ2) is 3.29. The van der Waals surface area contributed by atoms with E-state index in [1.165, 1.54) is 19.3 Å². The average molecular weight is 180 g/mol. The fourth-order valence-electron chi connectivity index (χ4n) is 4.61. The molecule has 0 nitrogen and oxygen atoms in total. The second-order valence-electron chi connectivity index (χ2n) is 5.73. The maximum Gasteiger partial charge on any atom is -0.0326 e. The third-order valence-electron chi connectivity index (χ3n) is 4.90. The monoisotopic (exact) mass is 180 g/mol. The lowest BCUT2D eigenvalue weighted by atomic mass is 9.83. The van der Waals surface area contributed by atoms with Crippen molar-refractivity contribution in [1.82, 2.24) is 0 Å². The molecule has 0 radical (unpaired) electrons. The van der Waals surface area contributed by atoms with Gasteiger partial charge in [-0.1, -0.05) is 34.1 Å². The maximum atomic E-state index is 2.49. The van der Waals surface area contributed by atoms with Crippen LogP contribution in [0.15, 0.2) is 0 Å². The third kappa shape index (κ3) is 1.33. The van der Waals surface area contributed by atoms with E-state index >= 15 is 0 Å². The van der Waals surface area contributed by atoms with E-state index in [4.69, 9.17) is 0 Å². The van der Waals surface area contributed by atoms with Crippen molar-refractivity contribution >= 4 is 0 Å². The first-order chi connectivity index (χ1) is 6.15. The molecule has 6 unspecified atom stereocenters. The van der Waals surface area contributed by atoms with Gasteiger partial charge in [-0.15, -0.1) is 0 Å². The van der Waals surface area contributed by atoms with E-state index in [1.54, 1.807) is 0 Å². The molecule has 6 atom stereocenters. The highest BCUT2D eigenvalue weighted by atomic mass is 14.5. The highest BCUT2D eigenvalue weighted by molar-refractivity contribution is 4.98. The van der Waals surface area contributed by atoms with Crippen molar-refractivity contribution < 1.29 is 0 Å². The highest BCUT2D eigenvalue weighted by Crippen LogP contribution is 2.56. The normalized spacial score (nSPS) is 55.4. The van der Waals surface area contributed by atoms with Gasteiger partial charge in [-0.2, -0.15) is 0 Å². The zero-order valence-corrected chi connectivity index (χ0v) is 9.59. The third-order valence-corrected chi connectivity index (χ3v) is 4.90. The first-order valence-electron chi connectivity index (χ1n) is 6.15. The van der Waals surface area contributed by atoms with E-state index in [1.807, 2.05) is 0 Å². The summed E-state index contributed by atoms with van der Waals surface area (Å²) >= 11 is 0. The molecule has 0 aliphatic heterocycles. The van der Waals surface area contributed by atoms with Crippen LogP contribution in [0.5, 0.6) is 0 Å². The Balaban J connectivity index is 2.18. The Morgan fingerprint density at radius 3 is 2.00 bits per heavy atom. The van der Waals surface area contributed by atoms with Crippen LogP contribution in [0.4, 0.5) is 0 Å². The van der Waals surface area contributed by atoms with Gasteiger partial charge >= 0.3 is 0 Å². The van der Waals surface area contributed by atoms with Gasteiger partial charge in [0.25, 0.3) is 0 Å². The largest absolute Gasteiger partial charge is 0.0651 e. The summed E-state index contributed by atoms with van der Waals surface area (Å²) in [5.74, 6) is 6.23. The Labute approximate surface area is 83.1 Å². The minimum Gasteiger partial charge on any atom is -0.0651 e. The quantitative estimate of drug-likeness (QED) is 0.573. The first kappa shape index (κ1) is 9.55. The first-order valence-corrected chi connectivity index (χ1v) is 6.15. The Morgan fingerprint density at radius 1 is 0.846 bits per heavy atom. The lowest BCUT2D eigenvalue weighted by molar-refractivity contribution is 0.257. The smallest absolute Gasteiger partial charge is 0.0326 e. The standard InChI is InChI=1S/C13H24/c1-5-11-7-10(4)12-8(2)6-9(3)13(11)12/h8-13H,5-7H2,1-4H3. The van der Waals surface area contributed by atoms with E-state index in [0.717, 1.165) is 35.5 Å². The molecule has 2 aliphatic carbocycles. The summed E-state index contributed by atoms with van der Waals surface area (Å²) in [7, 11) is 0. The van der Waals surface area contributed by atoms with Crippen LogP contribution in [0.1, 0.15) is 47.0 Å². The summed E-state index contributed by atoms with van der Waals surface area (Å²) in [4.78, 5) is 0. The van der Waals surface area contributed by atoms with Crippen LogP contribution in [0.3, 0.4) is 0 Å². The van der Waals surface area contributed by atoms with Crippen molar-refractivity contribution in [1.29, 1.82) is 0 Å². The SMILES string of the molecule is CCC1CC(C)C2C(C)CC(C)C12. The Morgan fingerprint density at radius 2 is 1.38 bits per heavy atom. The van der Waals surface area contributed by atoms with Crippen LogP contribution in [0.25, 0.3) is 0 Å². The van der Waals surface area contributed by atoms with Crippen LogP contribution in [0.2, 0.25) is 0 Å². The van der Waals surface area contributed by atoms with Gasteiger partial charge in [-0.05, 0) is 48.3 Å². The Bertz CT molecular complexity index is 184. The molecule has 2 fully saturated rings. The van der Waals surface area contributed by atoms with Crippen molar-refractivity contribution in [2.45, 2.75) is 47.0 Å². The number of rotatable bonds is 1. The van der Waals surface area contributed by atoms with E-state index in [2.05, 4.69) is 27.7 Å². The van der Waals surface area contributed by atoms with Crippen LogP contribution < -0.4 is 0 Å². The van der Waals surface area contributed by atoms with Gasteiger partial charge in [-0.3, -0.25) is 0 Å². The number of fused-ring (bicyclic) bond motifs is 1. The minimum atomic E-state index is 1.01. The van der Waals surface area contributed by atoms with E-state index < -0.39 is 0 Å². The Hall–Kier alpha value is 0. The predicted octanol–water partition coefficient (Wildman–Crippen LogP) is 3.96. The molecule has 0 aromatic rings. The molecule has 0 N–H and O–H groups in total. The Kier molecular flexibility index (Phi) is 2.42. The summed E-state index contributed by atoms with van der Waals surface area (Å²) in [5, 5.41) is 0. The lowest BCUT2D eigenvalue weighted by Gasteiger charge is -2.22. The lowest BCUT2D eigenvalue weighted by Crippen LogP contribution is -2.17. The molecule has 2 rings (SSSR count). The van der Waals surface area contributed by atoms with Gasteiger partial charge in [0.1, 0.15) is 0 Å². The average Bonchev–Trinajstić information content (AvgIpc) is 2.54. The molecule has 0 bridgehead atoms. The molecule has 0 heterocycles. The van der Waals surface area contributed by atoms with Crippen molar-refractivity contribution in [3.8, 4) is 0 Å². The summed E-state index contributed by atoms with van der Waals surface area (Å²) in [6.45, 7) is 9.84. The molecule has 2 saturated carbocycles. The van der Waals surface area contributed by atoms with E-state index in [0.29, 0.717) is 0 Å². The van der Waals surface area contributed by atoms with Crippen molar-refractivity contribution in [2.75, 3.05) is 0 Å². The summed E-state index contributed by atoms with van der Waals surface area (Å²) in [5.41, 5.74) is 0. The van der Waals surface area contributed by atoms with Crippen molar-refractivity contribution in [2.24, 2.45) is 35.5 Å². The predicted molar refractivity (Wildman–Crippen MR) is 57.5 cm³/mol. The second-order valence-corrected chi connectivity index (χ2v) is 5.73. The van der Waals surface area contributed by atoms with Gasteiger partial charge in [0.15, 0.2) is 0 Å². The number of hydrogen-bond donors (Lipinski definition) is 0. The van der Waals surface area contributed by atoms with Crippen LogP contribution >= 0.6 is 0 Å². The van der Waals surface area contributed by atoms with Gasteiger partial charge in [0, 0.05) is 0 Å². The molecule has 0 aromatic heterocycles. The molecular formula is C13H24. The van der Waals surface area contributed by atoms with E-state index in [9.17, 15) is 0 Å². The molecule has 0 spiro atoms.